The fraction of sp³-hybridized carbons (Fsp3) is 0. The van der Waals surface area contributed by atoms with Crippen LogP contribution in [-0.4, -0.2) is 18.4 Å². The van der Waals surface area contributed by atoms with Crippen molar-refractivity contribution in [3.8, 4) is 0 Å². The van der Waals surface area contributed by atoms with Crippen molar-refractivity contribution in [1.82, 2.24) is 9.97 Å². The van der Waals surface area contributed by atoms with E-state index in [4.69, 9.17) is 5.14 Å². The van der Waals surface area contributed by atoms with Crippen molar-refractivity contribution in [3.63, 3.8) is 0 Å². The first-order valence-electron chi connectivity index (χ1n) is 3.80. The van der Waals surface area contributed by atoms with Gasteiger partial charge < -0.3 is 0 Å². The van der Waals surface area contributed by atoms with Crippen LogP contribution in [0.5, 0.6) is 0 Å². The number of benzene rings is 1. The molecule has 0 unspecified atom stereocenters. The molecule has 0 bridgehead atoms. The molecule has 14 heavy (non-hydrogen) atoms. The zero-order valence-electron chi connectivity index (χ0n) is 7.08. The number of primary sulfonamides is 1. The van der Waals surface area contributed by atoms with E-state index in [1.165, 1.54) is 24.7 Å². The third-order valence-electron chi connectivity index (χ3n) is 1.80. The SMILES string of the molecule is NS(=O)(=O)c1ccc2ncncc2c1. The highest BCUT2D eigenvalue weighted by Crippen LogP contribution is 2.14. The Kier molecular flexibility index (Phi) is 1.94. The predicted octanol–water partition coefficient (Wildman–Crippen LogP) is 0.277. The van der Waals surface area contributed by atoms with Gasteiger partial charge in [-0.05, 0) is 18.2 Å². The van der Waals surface area contributed by atoms with Crippen LogP contribution in [-0.2, 0) is 10.0 Å². The summed E-state index contributed by atoms with van der Waals surface area (Å²) in [4.78, 5) is 7.82. The minimum Gasteiger partial charge on any atom is -0.244 e. The summed E-state index contributed by atoms with van der Waals surface area (Å²) in [6.45, 7) is 0. The number of rotatable bonds is 1. The Morgan fingerprint density at radius 3 is 2.79 bits per heavy atom. The number of nitrogens with two attached hydrogens (primary N) is 1. The highest BCUT2D eigenvalue weighted by molar-refractivity contribution is 7.89. The Morgan fingerprint density at radius 2 is 2.07 bits per heavy atom. The van der Waals surface area contributed by atoms with Crippen LogP contribution < -0.4 is 5.14 Å². The standard InChI is InChI=1S/C8H7N3O2S/c9-14(12,13)7-1-2-8-6(3-7)4-10-5-11-8/h1-5H,(H2,9,12,13). The molecule has 1 heterocycles. The van der Waals surface area contributed by atoms with Gasteiger partial charge in [0.1, 0.15) is 6.33 Å². The molecule has 2 aromatic rings. The molecule has 6 heteroatoms. The first kappa shape index (κ1) is 9.04. The molecule has 2 N–H and O–H groups in total. The average molecular weight is 209 g/mol. The van der Waals surface area contributed by atoms with Crippen molar-refractivity contribution < 1.29 is 8.42 Å². The number of hydrogen-bond donors (Lipinski definition) is 1. The Bertz CT molecular complexity index is 580. The number of sulfonamides is 1. The van der Waals surface area contributed by atoms with Gasteiger partial charge in [0.05, 0.1) is 10.4 Å². The van der Waals surface area contributed by atoms with Crippen LogP contribution in [0, 0.1) is 0 Å². The van der Waals surface area contributed by atoms with E-state index in [0.717, 1.165) is 0 Å². The molecule has 0 saturated carbocycles. The Hall–Kier alpha value is -1.53. The molecule has 5 nitrogen and oxygen atoms in total. The second-order valence-corrected chi connectivity index (χ2v) is 4.35. The first-order valence-corrected chi connectivity index (χ1v) is 5.34. The maximum absolute atomic E-state index is 11.0. The molecule has 0 fully saturated rings. The summed E-state index contributed by atoms with van der Waals surface area (Å²) in [6, 6.07) is 4.46. The molecule has 72 valence electrons. The van der Waals surface area contributed by atoms with E-state index in [1.54, 1.807) is 6.07 Å². The molecule has 1 aromatic heterocycles. The van der Waals surface area contributed by atoms with E-state index in [0.29, 0.717) is 10.9 Å². The summed E-state index contributed by atoms with van der Waals surface area (Å²) in [6.07, 6.45) is 2.94. The van der Waals surface area contributed by atoms with Crippen LogP contribution in [0.15, 0.2) is 35.6 Å². The first-order chi connectivity index (χ1) is 6.57. The fourth-order valence-corrected chi connectivity index (χ4v) is 1.69. The van der Waals surface area contributed by atoms with Gasteiger partial charge in [0.25, 0.3) is 0 Å². The lowest BCUT2D eigenvalue weighted by Gasteiger charge is -1.99. The van der Waals surface area contributed by atoms with Crippen molar-refractivity contribution in [1.29, 1.82) is 0 Å². The van der Waals surface area contributed by atoms with Crippen LogP contribution in [0.2, 0.25) is 0 Å². The second kappa shape index (κ2) is 3.00. The quantitative estimate of drug-likeness (QED) is 0.730. The molecule has 1 aromatic carbocycles. The zero-order chi connectivity index (χ0) is 10.2. The number of nitrogens with zero attached hydrogens (tertiary/aromatic N) is 2. The molecule has 0 radical (unpaired) electrons. The van der Waals surface area contributed by atoms with Gasteiger partial charge in [-0.2, -0.15) is 0 Å². The van der Waals surface area contributed by atoms with Crippen molar-refractivity contribution >= 4 is 20.9 Å². The van der Waals surface area contributed by atoms with Gasteiger partial charge in [0.2, 0.25) is 10.0 Å². The lowest BCUT2D eigenvalue weighted by molar-refractivity contribution is 0.598. The topological polar surface area (TPSA) is 85.9 Å². The van der Waals surface area contributed by atoms with E-state index in [2.05, 4.69) is 9.97 Å². The summed E-state index contributed by atoms with van der Waals surface area (Å²) in [5.74, 6) is 0. The van der Waals surface area contributed by atoms with Crippen molar-refractivity contribution in [3.05, 3.63) is 30.7 Å². The molecule has 0 spiro atoms. The summed E-state index contributed by atoms with van der Waals surface area (Å²) < 4.78 is 22.0. The van der Waals surface area contributed by atoms with Gasteiger partial charge >= 0.3 is 0 Å². The van der Waals surface area contributed by atoms with Gasteiger partial charge in [-0.1, -0.05) is 0 Å². The monoisotopic (exact) mass is 209 g/mol. The van der Waals surface area contributed by atoms with Gasteiger partial charge in [-0.3, -0.25) is 0 Å². The zero-order valence-corrected chi connectivity index (χ0v) is 7.90. The molecular formula is C8H7N3O2S. The van der Waals surface area contributed by atoms with E-state index in [-0.39, 0.29) is 4.90 Å². The largest absolute Gasteiger partial charge is 0.244 e. The fourth-order valence-electron chi connectivity index (χ4n) is 1.14. The van der Waals surface area contributed by atoms with E-state index < -0.39 is 10.0 Å². The molecule has 0 aliphatic carbocycles. The third kappa shape index (κ3) is 1.57. The number of hydrogen-bond acceptors (Lipinski definition) is 4. The number of aromatic nitrogens is 2. The summed E-state index contributed by atoms with van der Waals surface area (Å²) in [7, 11) is -3.65. The molecule has 2 rings (SSSR count). The van der Waals surface area contributed by atoms with Crippen LogP contribution in [0.1, 0.15) is 0 Å². The highest BCUT2D eigenvalue weighted by Gasteiger charge is 2.07. The Morgan fingerprint density at radius 1 is 1.29 bits per heavy atom. The second-order valence-electron chi connectivity index (χ2n) is 2.79. The van der Waals surface area contributed by atoms with E-state index in [1.807, 2.05) is 0 Å². The van der Waals surface area contributed by atoms with E-state index >= 15 is 0 Å². The smallest absolute Gasteiger partial charge is 0.238 e. The van der Waals surface area contributed by atoms with Crippen LogP contribution >= 0.6 is 0 Å². The van der Waals surface area contributed by atoms with Gasteiger partial charge in [-0.25, -0.2) is 23.5 Å². The van der Waals surface area contributed by atoms with Crippen molar-refractivity contribution in [2.75, 3.05) is 0 Å². The molecule has 0 aliphatic rings. The highest BCUT2D eigenvalue weighted by atomic mass is 32.2. The summed E-state index contributed by atoms with van der Waals surface area (Å²) >= 11 is 0. The minimum atomic E-state index is -3.65. The maximum Gasteiger partial charge on any atom is 0.238 e. The molecule has 0 saturated heterocycles. The van der Waals surface area contributed by atoms with E-state index in [9.17, 15) is 8.42 Å². The maximum atomic E-state index is 11.0. The van der Waals surface area contributed by atoms with Gasteiger partial charge in [0, 0.05) is 11.6 Å². The van der Waals surface area contributed by atoms with Crippen molar-refractivity contribution in [2.24, 2.45) is 5.14 Å². The molecule has 0 amide bonds. The third-order valence-corrected chi connectivity index (χ3v) is 2.72. The van der Waals surface area contributed by atoms with Gasteiger partial charge in [0.15, 0.2) is 0 Å². The van der Waals surface area contributed by atoms with Crippen LogP contribution in [0.3, 0.4) is 0 Å². The van der Waals surface area contributed by atoms with Gasteiger partial charge in [-0.15, -0.1) is 0 Å². The lowest BCUT2D eigenvalue weighted by atomic mass is 10.2. The van der Waals surface area contributed by atoms with Crippen molar-refractivity contribution in [2.45, 2.75) is 4.90 Å². The Labute approximate surface area is 80.7 Å². The molecular weight excluding hydrogens is 202 g/mol. The predicted molar refractivity (Wildman–Crippen MR) is 50.9 cm³/mol. The Balaban J connectivity index is 2.75. The normalized spacial score (nSPS) is 11.8. The molecule has 0 atom stereocenters. The van der Waals surface area contributed by atoms with Crippen LogP contribution in [0.4, 0.5) is 0 Å². The van der Waals surface area contributed by atoms with Crippen LogP contribution in [0.25, 0.3) is 10.9 Å². The summed E-state index contributed by atoms with van der Waals surface area (Å²) in [5.41, 5.74) is 0.687. The molecule has 0 aliphatic heterocycles. The number of fused-ring (bicyclic) bond motifs is 1. The average Bonchev–Trinajstić information content (AvgIpc) is 2.16. The lowest BCUT2D eigenvalue weighted by Crippen LogP contribution is -2.11. The minimum absolute atomic E-state index is 0.0693. The summed E-state index contributed by atoms with van der Waals surface area (Å²) in [5, 5.41) is 5.63.